The Balaban J connectivity index is 1.68. The van der Waals surface area contributed by atoms with E-state index in [-0.39, 0.29) is 11.3 Å². The summed E-state index contributed by atoms with van der Waals surface area (Å²) in [6.45, 7) is 7.17. The number of nitrogens with zero attached hydrogens (tertiary/aromatic N) is 2. The molecule has 0 saturated carbocycles. The molecule has 2 heterocycles. The van der Waals surface area contributed by atoms with Crippen LogP contribution in [0.25, 0.3) is 0 Å². The van der Waals surface area contributed by atoms with Gasteiger partial charge in [-0.15, -0.1) is 0 Å². The Morgan fingerprint density at radius 3 is 2.38 bits per heavy atom. The number of aromatic nitrogens is 1. The molecule has 1 saturated heterocycles. The summed E-state index contributed by atoms with van der Waals surface area (Å²) in [6, 6.07) is 12.8. The molecule has 0 spiro atoms. The zero-order valence-corrected chi connectivity index (χ0v) is 15.6. The van der Waals surface area contributed by atoms with Gasteiger partial charge in [0.05, 0.1) is 5.60 Å². The van der Waals surface area contributed by atoms with Crippen LogP contribution in [0.15, 0.2) is 48.7 Å². The molecule has 1 aliphatic heterocycles. The van der Waals surface area contributed by atoms with E-state index >= 15 is 0 Å². The van der Waals surface area contributed by atoms with Crippen molar-refractivity contribution in [1.29, 1.82) is 0 Å². The van der Waals surface area contributed by atoms with Crippen LogP contribution in [0.1, 0.15) is 44.1 Å². The van der Waals surface area contributed by atoms with Crippen LogP contribution < -0.4 is 4.74 Å². The number of para-hydroxylation sites is 1. The predicted octanol–water partition coefficient (Wildman–Crippen LogP) is 3.89. The van der Waals surface area contributed by atoms with Crippen molar-refractivity contribution in [3.63, 3.8) is 0 Å². The lowest BCUT2D eigenvalue weighted by atomic mass is 9.71. The lowest BCUT2D eigenvalue weighted by Gasteiger charge is -2.46. The standard InChI is InChI=1S/C21H26N2O3/c1-20(2,3)21(25)10-13-23(14-11-21)19(24)18-15-17(9-12-22-18)26-16-7-5-4-6-8-16/h4-9,12,15,25H,10-11,13-14H2,1-3H3. The molecule has 26 heavy (non-hydrogen) atoms. The number of rotatable bonds is 3. The van der Waals surface area contributed by atoms with Crippen molar-refractivity contribution in [2.75, 3.05) is 13.1 Å². The quantitative estimate of drug-likeness (QED) is 0.908. The van der Waals surface area contributed by atoms with E-state index in [1.165, 1.54) is 0 Å². The second-order valence-corrected chi connectivity index (χ2v) is 7.87. The van der Waals surface area contributed by atoms with Gasteiger partial charge in [0.1, 0.15) is 17.2 Å². The van der Waals surface area contributed by atoms with Crippen LogP contribution in [0.4, 0.5) is 0 Å². The molecule has 0 bridgehead atoms. The van der Waals surface area contributed by atoms with E-state index in [0.29, 0.717) is 43.1 Å². The number of likely N-dealkylation sites (tertiary alicyclic amines) is 1. The molecule has 1 aromatic heterocycles. The summed E-state index contributed by atoms with van der Waals surface area (Å²) in [4.78, 5) is 18.8. The minimum atomic E-state index is -0.741. The highest BCUT2D eigenvalue weighted by atomic mass is 16.5. The molecule has 0 unspecified atom stereocenters. The van der Waals surface area contributed by atoms with Crippen molar-refractivity contribution in [3.05, 3.63) is 54.4 Å². The van der Waals surface area contributed by atoms with Gasteiger partial charge in [-0.1, -0.05) is 39.0 Å². The summed E-state index contributed by atoms with van der Waals surface area (Å²) in [6.07, 6.45) is 2.73. The molecule has 5 heteroatoms. The fourth-order valence-electron chi connectivity index (χ4n) is 3.21. The first-order chi connectivity index (χ1) is 12.3. The number of carbonyl (C=O) groups excluding carboxylic acids is 1. The van der Waals surface area contributed by atoms with E-state index in [1.807, 2.05) is 51.1 Å². The number of piperidine rings is 1. The van der Waals surface area contributed by atoms with E-state index in [1.54, 1.807) is 23.2 Å². The smallest absolute Gasteiger partial charge is 0.272 e. The highest BCUT2D eigenvalue weighted by molar-refractivity contribution is 5.92. The van der Waals surface area contributed by atoms with Crippen molar-refractivity contribution >= 4 is 5.91 Å². The SMILES string of the molecule is CC(C)(C)C1(O)CCN(C(=O)c2cc(Oc3ccccc3)ccn2)CC1. The minimum absolute atomic E-state index is 0.125. The Morgan fingerprint density at radius 2 is 1.77 bits per heavy atom. The van der Waals surface area contributed by atoms with Crippen LogP contribution in [0.3, 0.4) is 0 Å². The summed E-state index contributed by atoms with van der Waals surface area (Å²) in [5, 5.41) is 10.8. The maximum atomic E-state index is 12.8. The van der Waals surface area contributed by atoms with Gasteiger partial charge in [0.15, 0.2) is 0 Å². The maximum Gasteiger partial charge on any atom is 0.272 e. The highest BCUT2D eigenvalue weighted by Crippen LogP contribution is 2.38. The van der Waals surface area contributed by atoms with Crippen molar-refractivity contribution in [2.24, 2.45) is 5.41 Å². The number of hydrogen-bond acceptors (Lipinski definition) is 4. The Bertz CT molecular complexity index is 760. The Morgan fingerprint density at radius 1 is 1.12 bits per heavy atom. The minimum Gasteiger partial charge on any atom is -0.457 e. The zero-order chi connectivity index (χ0) is 18.8. The zero-order valence-electron chi connectivity index (χ0n) is 15.6. The van der Waals surface area contributed by atoms with E-state index < -0.39 is 5.60 Å². The third kappa shape index (κ3) is 3.88. The predicted molar refractivity (Wildman–Crippen MR) is 100 cm³/mol. The summed E-state index contributed by atoms with van der Waals surface area (Å²) in [5.74, 6) is 1.17. The maximum absolute atomic E-state index is 12.8. The first-order valence-corrected chi connectivity index (χ1v) is 8.99. The topological polar surface area (TPSA) is 62.7 Å². The molecule has 0 aliphatic carbocycles. The van der Waals surface area contributed by atoms with Crippen LogP contribution in [0.5, 0.6) is 11.5 Å². The van der Waals surface area contributed by atoms with Crippen molar-refractivity contribution in [1.82, 2.24) is 9.88 Å². The van der Waals surface area contributed by atoms with E-state index in [4.69, 9.17) is 4.74 Å². The summed E-state index contributed by atoms with van der Waals surface area (Å²) in [5.41, 5.74) is -0.584. The van der Waals surface area contributed by atoms with E-state index in [9.17, 15) is 9.90 Å². The number of carbonyl (C=O) groups is 1. The average Bonchev–Trinajstić information content (AvgIpc) is 2.62. The fourth-order valence-corrected chi connectivity index (χ4v) is 3.21. The average molecular weight is 354 g/mol. The molecule has 138 valence electrons. The third-order valence-electron chi connectivity index (χ3n) is 5.20. The van der Waals surface area contributed by atoms with Gasteiger partial charge in [-0.2, -0.15) is 0 Å². The van der Waals surface area contributed by atoms with Crippen LogP contribution in [-0.4, -0.2) is 39.6 Å². The second kappa shape index (κ2) is 7.08. The first-order valence-electron chi connectivity index (χ1n) is 8.99. The van der Waals surface area contributed by atoms with Crippen LogP contribution in [-0.2, 0) is 0 Å². The number of hydrogen-bond donors (Lipinski definition) is 1. The fraction of sp³-hybridized carbons (Fsp3) is 0.429. The molecule has 1 amide bonds. The summed E-state index contributed by atoms with van der Waals surface area (Å²) in [7, 11) is 0. The van der Waals surface area contributed by atoms with Gasteiger partial charge in [-0.3, -0.25) is 9.78 Å². The van der Waals surface area contributed by atoms with Gasteiger partial charge in [-0.25, -0.2) is 0 Å². The number of ether oxygens (including phenoxy) is 1. The van der Waals surface area contributed by atoms with Gasteiger partial charge < -0.3 is 14.7 Å². The van der Waals surface area contributed by atoms with Crippen LogP contribution >= 0.6 is 0 Å². The molecule has 5 nitrogen and oxygen atoms in total. The molecular formula is C21H26N2O3. The summed E-state index contributed by atoms with van der Waals surface area (Å²) < 4.78 is 5.78. The van der Waals surface area contributed by atoms with Gasteiger partial charge in [0, 0.05) is 25.4 Å². The Labute approximate surface area is 154 Å². The second-order valence-electron chi connectivity index (χ2n) is 7.87. The third-order valence-corrected chi connectivity index (χ3v) is 5.20. The molecule has 1 fully saturated rings. The molecule has 0 atom stereocenters. The molecule has 2 aromatic rings. The molecular weight excluding hydrogens is 328 g/mol. The van der Waals surface area contributed by atoms with Crippen LogP contribution in [0.2, 0.25) is 0 Å². The van der Waals surface area contributed by atoms with Crippen molar-refractivity contribution in [3.8, 4) is 11.5 Å². The number of pyridine rings is 1. The number of benzene rings is 1. The van der Waals surface area contributed by atoms with Gasteiger partial charge in [0.2, 0.25) is 0 Å². The molecule has 3 rings (SSSR count). The Kier molecular flexibility index (Phi) is 5.01. The molecule has 1 aromatic carbocycles. The largest absolute Gasteiger partial charge is 0.457 e. The van der Waals surface area contributed by atoms with Crippen molar-refractivity contribution in [2.45, 2.75) is 39.2 Å². The number of amides is 1. The lowest BCUT2D eigenvalue weighted by Crippen LogP contribution is -2.53. The molecule has 1 aliphatic rings. The number of aliphatic hydroxyl groups is 1. The van der Waals surface area contributed by atoms with Crippen LogP contribution in [0, 0.1) is 5.41 Å². The highest BCUT2D eigenvalue weighted by Gasteiger charge is 2.43. The van der Waals surface area contributed by atoms with Gasteiger partial charge >= 0.3 is 0 Å². The van der Waals surface area contributed by atoms with E-state index in [0.717, 1.165) is 0 Å². The van der Waals surface area contributed by atoms with Gasteiger partial charge in [0.25, 0.3) is 5.91 Å². The monoisotopic (exact) mass is 354 g/mol. The summed E-state index contributed by atoms with van der Waals surface area (Å²) >= 11 is 0. The molecule has 1 N–H and O–H groups in total. The van der Waals surface area contributed by atoms with E-state index in [2.05, 4.69) is 4.98 Å². The molecule has 0 radical (unpaired) electrons. The van der Waals surface area contributed by atoms with Gasteiger partial charge in [-0.05, 0) is 36.5 Å². The Hall–Kier alpha value is -2.40. The first kappa shape index (κ1) is 18.4. The normalized spacial score (nSPS) is 17.0. The lowest BCUT2D eigenvalue weighted by molar-refractivity contribution is -0.0941. The van der Waals surface area contributed by atoms with Crippen molar-refractivity contribution < 1.29 is 14.6 Å².